The van der Waals surface area contributed by atoms with Gasteiger partial charge in [-0.3, -0.25) is 0 Å². The van der Waals surface area contributed by atoms with Crippen LogP contribution >= 0.6 is 0 Å². The third-order valence-electron chi connectivity index (χ3n) is 3.70. The smallest absolute Gasteiger partial charge is 0.338 e. The number of anilines is 2. The van der Waals surface area contributed by atoms with Gasteiger partial charge in [0, 0.05) is 37.0 Å². The molecule has 1 aromatic carbocycles. The number of benzene rings is 1. The molecule has 2 aromatic rings. The number of nitrogens with zero attached hydrogens (tertiary/aromatic N) is 3. The molecule has 0 atom stereocenters. The van der Waals surface area contributed by atoms with Gasteiger partial charge in [-0.05, 0) is 31.2 Å². The normalized spacial score (nSPS) is 13.6. The Morgan fingerprint density at radius 3 is 2.86 bits per heavy atom. The molecule has 0 radical (unpaired) electrons. The molecule has 0 bridgehead atoms. The summed E-state index contributed by atoms with van der Waals surface area (Å²) >= 11 is 0. The van der Waals surface area contributed by atoms with E-state index >= 15 is 0 Å². The van der Waals surface area contributed by atoms with Crippen molar-refractivity contribution in [3.8, 4) is 0 Å². The number of fused-ring (bicyclic) bond motifs is 1. The maximum Gasteiger partial charge on any atom is 0.338 e. The Balaban J connectivity index is 1.75. The Morgan fingerprint density at radius 2 is 2.14 bits per heavy atom. The number of ether oxygens (including phenoxy) is 1. The number of carbonyl (C=O) groups is 1. The number of carbonyl (C=O) groups excluding carboxylic acids is 1. The highest BCUT2D eigenvalue weighted by Gasteiger charge is 2.18. The third-order valence-corrected chi connectivity index (χ3v) is 3.70. The van der Waals surface area contributed by atoms with Crippen molar-refractivity contribution in [3.05, 3.63) is 47.3 Å². The van der Waals surface area contributed by atoms with Crippen LogP contribution in [0, 0.1) is 0 Å². The van der Waals surface area contributed by atoms with Crippen LogP contribution in [-0.2, 0) is 17.7 Å². The molecule has 0 aliphatic carbocycles. The zero-order chi connectivity index (χ0) is 15.5. The molecule has 1 aliphatic rings. The SMILES string of the molecule is CCOC(=O)c1ccc(N2CCc3nc(N)ncc3C2)cc1. The van der Waals surface area contributed by atoms with E-state index < -0.39 is 0 Å². The number of hydrogen-bond donors (Lipinski definition) is 1. The fraction of sp³-hybridized carbons (Fsp3) is 0.312. The van der Waals surface area contributed by atoms with Gasteiger partial charge >= 0.3 is 5.97 Å². The molecule has 2 N–H and O–H groups in total. The van der Waals surface area contributed by atoms with Gasteiger partial charge < -0.3 is 15.4 Å². The van der Waals surface area contributed by atoms with Crippen molar-refractivity contribution in [3.63, 3.8) is 0 Å². The topological polar surface area (TPSA) is 81.3 Å². The largest absolute Gasteiger partial charge is 0.462 e. The molecule has 0 fully saturated rings. The highest BCUT2D eigenvalue weighted by Crippen LogP contribution is 2.24. The maximum atomic E-state index is 11.7. The fourth-order valence-electron chi connectivity index (χ4n) is 2.57. The average molecular weight is 298 g/mol. The van der Waals surface area contributed by atoms with Crippen molar-refractivity contribution < 1.29 is 9.53 Å². The van der Waals surface area contributed by atoms with Crippen molar-refractivity contribution in [2.75, 3.05) is 23.8 Å². The Morgan fingerprint density at radius 1 is 1.36 bits per heavy atom. The van der Waals surface area contributed by atoms with Gasteiger partial charge in [0.05, 0.1) is 17.9 Å². The molecule has 0 amide bonds. The van der Waals surface area contributed by atoms with Crippen LogP contribution in [0.3, 0.4) is 0 Å². The molecule has 0 spiro atoms. The Hall–Kier alpha value is -2.63. The minimum Gasteiger partial charge on any atom is -0.462 e. The molecule has 0 saturated carbocycles. The van der Waals surface area contributed by atoms with Crippen molar-refractivity contribution in [2.45, 2.75) is 19.9 Å². The van der Waals surface area contributed by atoms with E-state index in [0.29, 0.717) is 18.1 Å². The second kappa shape index (κ2) is 6.01. The van der Waals surface area contributed by atoms with Crippen LogP contribution in [0.15, 0.2) is 30.5 Å². The van der Waals surface area contributed by atoms with Crippen molar-refractivity contribution in [2.24, 2.45) is 0 Å². The summed E-state index contributed by atoms with van der Waals surface area (Å²) in [6.45, 7) is 3.79. The van der Waals surface area contributed by atoms with E-state index in [1.807, 2.05) is 12.1 Å². The molecule has 6 heteroatoms. The summed E-state index contributed by atoms with van der Waals surface area (Å²) in [5.74, 6) is 0.0351. The quantitative estimate of drug-likeness (QED) is 0.870. The van der Waals surface area contributed by atoms with Crippen LogP contribution in [0.25, 0.3) is 0 Å². The molecular weight excluding hydrogens is 280 g/mol. The molecule has 6 nitrogen and oxygen atoms in total. The van der Waals surface area contributed by atoms with E-state index in [1.165, 1.54) is 0 Å². The van der Waals surface area contributed by atoms with E-state index in [-0.39, 0.29) is 5.97 Å². The molecule has 114 valence electrons. The predicted octanol–water partition coefficient (Wildman–Crippen LogP) is 1.80. The Labute approximate surface area is 128 Å². The van der Waals surface area contributed by atoms with E-state index in [9.17, 15) is 4.79 Å². The standard InChI is InChI=1S/C16H18N4O2/c1-2-22-15(21)11-3-5-13(6-4-11)20-8-7-14-12(10-20)9-18-16(17)19-14/h3-6,9H,2,7-8,10H2,1H3,(H2,17,18,19). The van der Waals surface area contributed by atoms with Crippen molar-refractivity contribution >= 4 is 17.6 Å². The highest BCUT2D eigenvalue weighted by molar-refractivity contribution is 5.89. The summed E-state index contributed by atoms with van der Waals surface area (Å²) in [5.41, 5.74) is 9.36. The van der Waals surface area contributed by atoms with Crippen LogP contribution in [0.4, 0.5) is 11.6 Å². The van der Waals surface area contributed by atoms with Crippen LogP contribution in [-0.4, -0.2) is 29.1 Å². The van der Waals surface area contributed by atoms with Gasteiger partial charge in [-0.2, -0.15) is 0 Å². The summed E-state index contributed by atoms with van der Waals surface area (Å²) in [6.07, 6.45) is 2.62. The monoisotopic (exact) mass is 298 g/mol. The summed E-state index contributed by atoms with van der Waals surface area (Å²) < 4.78 is 4.99. The molecule has 1 aliphatic heterocycles. The first-order chi connectivity index (χ1) is 10.7. The Kier molecular flexibility index (Phi) is 3.91. The minimum atomic E-state index is -0.290. The van der Waals surface area contributed by atoms with Gasteiger partial charge in [-0.1, -0.05) is 0 Å². The second-order valence-electron chi connectivity index (χ2n) is 5.14. The lowest BCUT2D eigenvalue weighted by molar-refractivity contribution is 0.0526. The van der Waals surface area contributed by atoms with E-state index in [4.69, 9.17) is 10.5 Å². The lowest BCUT2D eigenvalue weighted by Crippen LogP contribution is -2.31. The molecular formula is C16H18N4O2. The van der Waals surface area contributed by atoms with Crippen molar-refractivity contribution in [1.29, 1.82) is 0 Å². The van der Waals surface area contributed by atoms with Crippen LogP contribution in [0.5, 0.6) is 0 Å². The zero-order valence-electron chi connectivity index (χ0n) is 12.5. The summed E-state index contributed by atoms with van der Waals surface area (Å²) in [6, 6.07) is 7.47. The third kappa shape index (κ3) is 2.86. The highest BCUT2D eigenvalue weighted by atomic mass is 16.5. The van der Waals surface area contributed by atoms with Gasteiger partial charge in [0.25, 0.3) is 0 Å². The molecule has 1 aromatic heterocycles. The summed E-state index contributed by atoms with van der Waals surface area (Å²) in [4.78, 5) is 22.2. The molecule has 0 unspecified atom stereocenters. The van der Waals surface area contributed by atoms with Crippen LogP contribution in [0.2, 0.25) is 0 Å². The molecule has 0 saturated heterocycles. The summed E-state index contributed by atoms with van der Waals surface area (Å²) in [5, 5.41) is 0. The lowest BCUT2D eigenvalue weighted by atomic mass is 10.1. The van der Waals surface area contributed by atoms with Gasteiger partial charge in [0.1, 0.15) is 0 Å². The minimum absolute atomic E-state index is 0.290. The van der Waals surface area contributed by atoms with E-state index in [1.54, 1.807) is 25.3 Å². The van der Waals surface area contributed by atoms with Crippen molar-refractivity contribution in [1.82, 2.24) is 9.97 Å². The average Bonchev–Trinajstić information content (AvgIpc) is 2.55. The number of nitrogens with two attached hydrogens (primary N) is 1. The summed E-state index contributed by atoms with van der Waals surface area (Å²) in [7, 11) is 0. The van der Waals surface area contributed by atoms with E-state index in [2.05, 4.69) is 14.9 Å². The number of aromatic nitrogens is 2. The second-order valence-corrected chi connectivity index (χ2v) is 5.14. The number of esters is 1. The number of hydrogen-bond acceptors (Lipinski definition) is 6. The molecule has 2 heterocycles. The van der Waals surface area contributed by atoms with Crippen LogP contribution in [0.1, 0.15) is 28.5 Å². The van der Waals surface area contributed by atoms with Gasteiger partial charge in [-0.25, -0.2) is 14.8 Å². The van der Waals surface area contributed by atoms with Gasteiger partial charge in [-0.15, -0.1) is 0 Å². The number of rotatable bonds is 3. The van der Waals surface area contributed by atoms with Crippen LogP contribution < -0.4 is 10.6 Å². The first kappa shape index (κ1) is 14.3. The van der Waals surface area contributed by atoms with Gasteiger partial charge in [0.2, 0.25) is 5.95 Å². The van der Waals surface area contributed by atoms with E-state index in [0.717, 1.165) is 36.5 Å². The molecule has 22 heavy (non-hydrogen) atoms. The maximum absolute atomic E-state index is 11.7. The first-order valence-corrected chi connectivity index (χ1v) is 7.29. The predicted molar refractivity (Wildman–Crippen MR) is 83.6 cm³/mol. The first-order valence-electron chi connectivity index (χ1n) is 7.29. The van der Waals surface area contributed by atoms with Gasteiger partial charge in [0.15, 0.2) is 0 Å². The number of nitrogen functional groups attached to an aromatic ring is 1. The Bertz CT molecular complexity index is 685. The zero-order valence-corrected chi connectivity index (χ0v) is 12.5. The lowest BCUT2D eigenvalue weighted by Gasteiger charge is -2.30. The fourth-order valence-corrected chi connectivity index (χ4v) is 2.57. The molecule has 3 rings (SSSR count).